The maximum Gasteiger partial charge on any atom is 0.224 e. The van der Waals surface area contributed by atoms with Crippen LogP contribution in [0.5, 0.6) is 0 Å². The number of nitrogens with one attached hydrogen (secondary N) is 2. The zero-order valence-electron chi connectivity index (χ0n) is 14.4. The first-order chi connectivity index (χ1) is 11.6. The minimum absolute atomic E-state index is 0.211. The highest BCUT2D eigenvalue weighted by Gasteiger charge is 2.51. The molecular weight excluding hydrogens is 296 g/mol. The Morgan fingerprint density at radius 2 is 1.83 bits per heavy atom. The molecule has 4 saturated carbocycles. The molecule has 2 N–H and O–H groups in total. The molecule has 1 amide bonds. The van der Waals surface area contributed by atoms with Gasteiger partial charge in [0, 0.05) is 23.0 Å². The van der Waals surface area contributed by atoms with Gasteiger partial charge >= 0.3 is 0 Å². The smallest absolute Gasteiger partial charge is 0.224 e. The number of hydrogen-bond donors (Lipinski definition) is 2. The summed E-state index contributed by atoms with van der Waals surface area (Å²) < 4.78 is 0. The molecule has 1 aromatic carbocycles. The monoisotopic (exact) mass is 322 g/mol. The highest BCUT2D eigenvalue weighted by Crippen LogP contribution is 2.61. The third kappa shape index (κ3) is 2.37. The van der Waals surface area contributed by atoms with Gasteiger partial charge in [-0.15, -0.1) is 0 Å². The van der Waals surface area contributed by atoms with Crippen LogP contribution in [0.25, 0.3) is 10.9 Å². The van der Waals surface area contributed by atoms with Crippen molar-refractivity contribution in [2.24, 2.45) is 23.2 Å². The van der Waals surface area contributed by atoms with E-state index in [0.29, 0.717) is 5.41 Å². The fourth-order valence-corrected chi connectivity index (χ4v) is 6.45. The van der Waals surface area contributed by atoms with Crippen LogP contribution in [0, 0.1) is 30.1 Å². The summed E-state index contributed by atoms with van der Waals surface area (Å²) in [7, 11) is 0. The summed E-state index contributed by atoms with van der Waals surface area (Å²) in [5.41, 5.74) is 3.49. The second kappa shape index (κ2) is 5.11. The van der Waals surface area contributed by atoms with Crippen LogP contribution in [-0.4, -0.2) is 10.9 Å². The van der Waals surface area contributed by atoms with Crippen molar-refractivity contribution in [1.82, 2.24) is 4.98 Å². The van der Waals surface area contributed by atoms with Crippen LogP contribution in [0.3, 0.4) is 0 Å². The third-order valence-electron chi connectivity index (χ3n) is 6.77. The molecule has 0 saturated heterocycles. The molecule has 3 nitrogen and oxygen atoms in total. The topological polar surface area (TPSA) is 44.9 Å². The van der Waals surface area contributed by atoms with E-state index in [-0.39, 0.29) is 5.91 Å². The van der Waals surface area contributed by atoms with Crippen molar-refractivity contribution in [2.45, 2.75) is 51.9 Å². The van der Waals surface area contributed by atoms with Crippen molar-refractivity contribution in [3.05, 3.63) is 30.0 Å². The fraction of sp³-hybridized carbons (Fsp3) is 0.571. The van der Waals surface area contributed by atoms with Gasteiger partial charge in [0.25, 0.3) is 0 Å². The number of carbonyl (C=O) groups excluding carboxylic acids is 1. The summed E-state index contributed by atoms with van der Waals surface area (Å²) in [6, 6.07) is 8.22. The fourth-order valence-electron chi connectivity index (χ4n) is 6.45. The molecule has 3 heteroatoms. The standard InChI is InChI=1S/C21H26N2O/c1-13-5-17-18(22-13)3-2-4-19(17)23-20(24)12-21-9-14-6-15(10-21)8-16(7-14)11-21/h2-5,14-16,22H,6-12H2,1H3,(H,23,24). The number of rotatable bonds is 3. The van der Waals surface area contributed by atoms with E-state index in [1.54, 1.807) is 0 Å². The molecule has 4 bridgehead atoms. The molecule has 0 unspecified atom stereocenters. The van der Waals surface area contributed by atoms with Crippen LogP contribution in [0.15, 0.2) is 24.3 Å². The maximum absolute atomic E-state index is 12.8. The van der Waals surface area contributed by atoms with Crippen LogP contribution in [0.2, 0.25) is 0 Å². The second-order valence-electron chi connectivity index (χ2n) is 8.86. The molecule has 2 aromatic rings. The Bertz CT molecular complexity index is 768. The van der Waals surface area contributed by atoms with Gasteiger partial charge < -0.3 is 10.3 Å². The summed E-state index contributed by atoms with van der Waals surface area (Å²) in [6.07, 6.45) is 8.89. The van der Waals surface area contributed by atoms with Crippen molar-refractivity contribution in [2.75, 3.05) is 5.32 Å². The SMILES string of the molecule is Cc1cc2c(NC(=O)CC34CC5CC(CC(C5)C3)C4)cccc2[nH]1. The molecule has 4 fully saturated rings. The number of hydrogen-bond acceptors (Lipinski definition) is 1. The number of fused-ring (bicyclic) bond motifs is 1. The lowest BCUT2D eigenvalue weighted by atomic mass is 9.49. The molecule has 0 spiro atoms. The number of anilines is 1. The van der Waals surface area contributed by atoms with Gasteiger partial charge in [-0.2, -0.15) is 0 Å². The molecule has 0 radical (unpaired) electrons. The van der Waals surface area contributed by atoms with Crippen LogP contribution < -0.4 is 5.32 Å². The van der Waals surface area contributed by atoms with Gasteiger partial charge in [0.2, 0.25) is 5.91 Å². The normalized spacial score (nSPS) is 34.0. The van der Waals surface area contributed by atoms with E-state index in [9.17, 15) is 4.79 Å². The molecule has 0 atom stereocenters. The maximum atomic E-state index is 12.8. The Balaban J connectivity index is 1.36. The first-order valence-electron chi connectivity index (χ1n) is 9.47. The Morgan fingerprint density at radius 1 is 1.17 bits per heavy atom. The van der Waals surface area contributed by atoms with Crippen LogP contribution in [-0.2, 0) is 4.79 Å². The average Bonchev–Trinajstić information content (AvgIpc) is 2.86. The Kier molecular flexibility index (Phi) is 3.10. The Hall–Kier alpha value is -1.77. The summed E-state index contributed by atoms with van der Waals surface area (Å²) in [5, 5.41) is 4.33. The van der Waals surface area contributed by atoms with Gasteiger partial charge in [-0.25, -0.2) is 0 Å². The molecule has 4 aliphatic rings. The zero-order valence-corrected chi connectivity index (χ0v) is 14.4. The van der Waals surface area contributed by atoms with E-state index in [2.05, 4.69) is 29.4 Å². The minimum Gasteiger partial charge on any atom is -0.359 e. The summed E-state index contributed by atoms with van der Waals surface area (Å²) >= 11 is 0. The van der Waals surface area contributed by atoms with Crippen LogP contribution >= 0.6 is 0 Å². The summed E-state index contributed by atoms with van der Waals surface area (Å²) in [4.78, 5) is 16.2. The van der Waals surface area contributed by atoms with Gasteiger partial charge in [0.1, 0.15) is 0 Å². The van der Waals surface area contributed by atoms with Gasteiger partial charge in [-0.3, -0.25) is 4.79 Å². The lowest BCUT2D eigenvalue weighted by Crippen LogP contribution is -2.47. The van der Waals surface area contributed by atoms with Gasteiger partial charge in [0.05, 0.1) is 5.69 Å². The molecule has 4 aliphatic carbocycles. The van der Waals surface area contributed by atoms with E-state index in [0.717, 1.165) is 46.5 Å². The molecule has 1 heterocycles. The number of amides is 1. The van der Waals surface area contributed by atoms with Gasteiger partial charge in [0.15, 0.2) is 0 Å². The second-order valence-corrected chi connectivity index (χ2v) is 8.86. The van der Waals surface area contributed by atoms with Crippen molar-refractivity contribution in [3.8, 4) is 0 Å². The van der Waals surface area contributed by atoms with E-state index >= 15 is 0 Å². The first-order valence-corrected chi connectivity index (χ1v) is 9.47. The van der Waals surface area contributed by atoms with E-state index in [4.69, 9.17) is 0 Å². The van der Waals surface area contributed by atoms with E-state index in [1.807, 2.05) is 12.1 Å². The number of aryl methyl sites for hydroxylation is 1. The average molecular weight is 322 g/mol. The van der Waals surface area contributed by atoms with Crippen LogP contribution in [0.1, 0.15) is 50.6 Å². The Morgan fingerprint density at radius 3 is 2.50 bits per heavy atom. The largest absolute Gasteiger partial charge is 0.359 e. The zero-order chi connectivity index (χ0) is 16.3. The molecule has 126 valence electrons. The van der Waals surface area contributed by atoms with Crippen molar-refractivity contribution < 1.29 is 4.79 Å². The van der Waals surface area contributed by atoms with E-state index < -0.39 is 0 Å². The highest BCUT2D eigenvalue weighted by molar-refractivity contribution is 6.01. The number of H-pyrrole nitrogens is 1. The third-order valence-corrected chi connectivity index (χ3v) is 6.77. The van der Waals surface area contributed by atoms with Crippen molar-refractivity contribution in [3.63, 3.8) is 0 Å². The Labute approximate surface area is 143 Å². The molecular formula is C21H26N2O. The molecule has 1 aromatic heterocycles. The number of aromatic amines is 1. The highest BCUT2D eigenvalue weighted by atomic mass is 16.1. The van der Waals surface area contributed by atoms with E-state index in [1.165, 1.54) is 38.5 Å². The van der Waals surface area contributed by atoms with Crippen molar-refractivity contribution in [1.29, 1.82) is 0 Å². The summed E-state index contributed by atoms with van der Waals surface area (Å²) in [6.45, 7) is 2.06. The predicted molar refractivity (Wildman–Crippen MR) is 96.9 cm³/mol. The molecule has 6 rings (SSSR count). The van der Waals surface area contributed by atoms with Crippen molar-refractivity contribution >= 4 is 22.5 Å². The van der Waals surface area contributed by atoms with Crippen LogP contribution in [0.4, 0.5) is 5.69 Å². The first kappa shape index (κ1) is 14.6. The lowest BCUT2D eigenvalue weighted by Gasteiger charge is -2.56. The number of benzene rings is 1. The minimum atomic E-state index is 0.211. The van der Waals surface area contributed by atoms with Gasteiger partial charge in [-0.05, 0) is 86.8 Å². The lowest BCUT2D eigenvalue weighted by molar-refractivity contribution is -0.124. The number of carbonyl (C=O) groups is 1. The predicted octanol–water partition coefficient (Wildman–Crippen LogP) is 5.02. The molecule has 24 heavy (non-hydrogen) atoms. The van der Waals surface area contributed by atoms with Gasteiger partial charge in [-0.1, -0.05) is 6.07 Å². The quantitative estimate of drug-likeness (QED) is 0.818. The number of aromatic nitrogens is 1. The molecule has 0 aliphatic heterocycles. The summed E-state index contributed by atoms with van der Waals surface area (Å²) in [5.74, 6) is 2.92.